The number of carboxylic acids is 1. The predicted octanol–water partition coefficient (Wildman–Crippen LogP) is 3.57. The van der Waals surface area contributed by atoms with Crippen molar-refractivity contribution in [3.05, 3.63) is 48.0 Å². The van der Waals surface area contributed by atoms with E-state index < -0.39 is 17.9 Å². The number of carbonyl (C=O) groups excluding carboxylic acids is 1. The molecule has 1 aliphatic carbocycles. The summed E-state index contributed by atoms with van der Waals surface area (Å²) in [4.78, 5) is 23.5. The molecule has 1 N–H and O–H groups in total. The molecular weight excluding hydrogens is 280 g/mol. The van der Waals surface area contributed by atoms with Crippen LogP contribution >= 0.6 is 0 Å². The Hall–Kier alpha value is -2.10. The Kier molecular flexibility index (Phi) is 5.75. The van der Waals surface area contributed by atoms with E-state index in [0.29, 0.717) is 12.3 Å². The lowest BCUT2D eigenvalue weighted by molar-refractivity contribution is -0.147. The summed E-state index contributed by atoms with van der Waals surface area (Å²) < 4.78 is 5.18. The van der Waals surface area contributed by atoms with Crippen molar-refractivity contribution in [2.75, 3.05) is 0 Å². The molecule has 0 bridgehead atoms. The number of hydrogen-bond acceptors (Lipinski definition) is 3. The minimum Gasteiger partial charge on any atom is -0.481 e. The van der Waals surface area contributed by atoms with Crippen LogP contribution in [0.4, 0.5) is 0 Å². The van der Waals surface area contributed by atoms with Crippen LogP contribution < -0.4 is 0 Å². The quantitative estimate of drug-likeness (QED) is 0.618. The van der Waals surface area contributed by atoms with E-state index in [2.05, 4.69) is 6.58 Å². The SMILES string of the molecule is C=C(C(=O)OCc1ccccc1)C(CC1CCCC1)C(=O)O. The lowest BCUT2D eigenvalue weighted by Crippen LogP contribution is -2.24. The average Bonchev–Trinajstić information content (AvgIpc) is 3.03. The second kappa shape index (κ2) is 7.78. The maximum absolute atomic E-state index is 12.1. The van der Waals surface area contributed by atoms with Crippen LogP contribution in [-0.2, 0) is 20.9 Å². The third kappa shape index (κ3) is 4.45. The molecule has 0 spiro atoms. The second-order valence-corrected chi connectivity index (χ2v) is 5.86. The zero-order valence-corrected chi connectivity index (χ0v) is 12.7. The second-order valence-electron chi connectivity index (χ2n) is 5.86. The van der Waals surface area contributed by atoms with Gasteiger partial charge in [-0.3, -0.25) is 4.79 Å². The number of esters is 1. The molecule has 1 fully saturated rings. The fourth-order valence-electron chi connectivity index (χ4n) is 2.93. The van der Waals surface area contributed by atoms with Crippen molar-refractivity contribution >= 4 is 11.9 Å². The first-order valence-electron chi connectivity index (χ1n) is 7.70. The van der Waals surface area contributed by atoms with Crippen molar-refractivity contribution in [3.8, 4) is 0 Å². The summed E-state index contributed by atoms with van der Waals surface area (Å²) in [6.07, 6.45) is 4.84. The average molecular weight is 302 g/mol. The number of rotatable bonds is 7. The summed E-state index contributed by atoms with van der Waals surface area (Å²) in [6, 6.07) is 9.30. The van der Waals surface area contributed by atoms with Gasteiger partial charge in [-0.1, -0.05) is 62.6 Å². The van der Waals surface area contributed by atoms with E-state index in [4.69, 9.17) is 4.74 Å². The summed E-state index contributed by atoms with van der Waals surface area (Å²) in [5.41, 5.74) is 0.918. The van der Waals surface area contributed by atoms with Gasteiger partial charge in [-0.2, -0.15) is 0 Å². The van der Waals surface area contributed by atoms with E-state index in [1.807, 2.05) is 30.3 Å². The van der Waals surface area contributed by atoms with Crippen molar-refractivity contribution in [2.24, 2.45) is 11.8 Å². The molecule has 0 heterocycles. The van der Waals surface area contributed by atoms with Crippen molar-refractivity contribution in [1.29, 1.82) is 0 Å². The van der Waals surface area contributed by atoms with E-state index in [1.54, 1.807) is 0 Å². The first-order valence-corrected chi connectivity index (χ1v) is 7.70. The van der Waals surface area contributed by atoms with Crippen LogP contribution in [0.5, 0.6) is 0 Å². The molecule has 1 aromatic carbocycles. The fourth-order valence-corrected chi connectivity index (χ4v) is 2.93. The molecule has 4 heteroatoms. The Labute approximate surface area is 130 Å². The zero-order chi connectivity index (χ0) is 15.9. The van der Waals surface area contributed by atoms with E-state index in [-0.39, 0.29) is 12.2 Å². The molecule has 0 aliphatic heterocycles. The van der Waals surface area contributed by atoms with Crippen LogP contribution in [0.1, 0.15) is 37.7 Å². The number of benzene rings is 1. The molecule has 2 rings (SSSR count). The highest BCUT2D eigenvalue weighted by Gasteiger charge is 2.30. The third-order valence-corrected chi connectivity index (χ3v) is 4.24. The van der Waals surface area contributed by atoms with Gasteiger partial charge in [0.15, 0.2) is 0 Å². The van der Waals surface area contributed by atoms with Crippen LogP contribution in [0.2, 0.25) is 0 Å². The summed E-state index contributed by atoms with van der Waals surface area (Å²) in [6.45, 7) is 3.81. The van der Waals surface area contributed by atoms with Crippen LogP contribution in [-0.4, -0.2) is 17.0 Å². The Morgan fingerprint density at radius 1 is 1.23 bits per heavy atom. The van der Waals surface area contributed by atoms with Gasteiger partial charge in [-0.05, 0) is 17.9 Å². The van der Waals surface area contributed by atoms with Crippen LogP contribution in [0.3, 0.4) is 0 Å². The zero-order valence-electron chi connectivity index (χ0n) is 12.7. The molecule has 1 unspecified atom stereocenters. The summed E-state index contributed by atoms with van der Waals surface area (Å²) in [7, 11) is 0. The molecule has 22 heavy (non-hydrogen) atoms. The molecule has 1 atom stereocenters. The maximum Gasteiger partial charge on any atom is 0.334 e. The van der Waals surface area contributed by atoms with Crippen molar-refractivity contribution in [1.82, 2.24) is 0 Å². The number of carboxylic acid groups (broad SMARTS) is 1. The number of aliphatic carboxylic acids is 1. The Bertz CT molecular complexity index is 529. The van der Waals surface area contributed by atoms with Gasteiger partial charge in [0.2, 0.25) is 0 Å². The summed E-state index contributed by atoms with van der Waals surface area (Å²) in [5.74, 6) is -2.08. The van der Waals surface area contributed by atoms with Gasteiger partial charge in [0.25, 0.3) is 0 Å². The molecule has 1 aliphatic rings. The maximum atomic E-state index is 12.1. The van der Waals surface area contributed by atoms with Crippen LogP contribution in [0.25, 0.3) is 0 Å². The van der Waals surface area contributed by atoms with Gasteiger partial charge in [-0.15, -0.1) is 0 Å². The van der Waals surface area contributed by atoms with E-state index in [0.717, 1.165) is 31.2 Å². The number of carbonyl (C=O) groups is 2. The fraction of sp³-hybridized carbons (Fsp3) is 0.444. The molecule has 118 valence electrons. The molecule has 4 nitrogen and oxygen atoms in total. The highest BCUT2D eigenvalue weighted by Crippen LogP contribution is 2.32. The molecule has 0 radical (unpaired) electrons. The van der Waals surface area contributed by atoms with Crippen molar-refractivity contribution < 1.29 is 19.4 Å². The van der Waals surface area contributed by atoms with E-state index >= 15 is 0 Å². The minimum absolute atomic E-state index is 0.0512. The largest absolute Gasteiger partial charge is 0.481 e. The highest BCUT2D eigenvalue weighted by molar-refractivity contribution is 5.94. The molecule has 0 amide bonds. The van der Waals surface area contributed by atoms with Gasteiger partial charge in [0.05, 0.1) is 5.92 Å². The molecule has 1 saturated carbocycles. The van der Waals surface area contributed by atoms with Gasteiger partial charge in [-0.25, -0.2) is 4.79 Å². The summed E-state index contributed by atoms with van der Waals surface area (Å²) >= 11 is 0. The Balaban J connectivity index is 1.91. The minimum atomic E-state index is -0.992. The van der Waals surface area contributed by atoms with Crippen molar-refractivity contribution in [2.45, 2.75) is 38.7 Å². The van der Waals surface area contributed by atoms with Gasteiger partial charge >= 0.3 is 11.9 Å². The first kappa shape index (κ1) is 16.3. The highest BCUT2D eigenvalue weighted by atomic mass is 16.5. The first-order chi connectivity index (χ1) is 10.6. The van der Waals surface area contributed by atoms with Gasteiger partial charge in [0.1, 0.15) is 6.61 Å². The van der Waals surface area contributed by atoms with Crippen LogP contribution in [0, 0.1) is 11.8 Å². The molecule has 0 aromatic heterocycles. The standard InChI is InChI=1S/C18H22O4/c1-13(16(17(19)20)11-14-7-5-6-8-14)18(21)22-12-15-9-3-2-4-10-15/h2-4,9-10,14,16H,1,5-8,11-12H2,(H,19,20). The number of ether oxygens (including phenoxy) is 1. The Morgan fingerprint density at radius 3 is 2.45 bits per heavy atom. The smallest absolute Gasteiger partial charge is 0.334 e. The number of hydrogen-bond donors (Lipinski definition) is 1. The van der Waals surface area contributed by atoms with Crippen molar-refractivity contribution in [3.63, 3.8) is 0 Å². The lowest BCUT2D eigenvalue weighted by atomic mass is 9.88. The molecule has 0 saturated heterocycles. The third-order valence-electron chi connectivity index (χ3n) is 4.24. The molecular formula is C18H22O4. The monoisotopic (exact) mass is 302 g/mol. The van der Waals surface area contributed by atoms with Crippen LogP contribution in [0.15, 0.2) is 42.5 Å². The summed E-state index contributed by atoms with van der Waals surface area (Å²) in [5, 5.41) is 9.37. The normalized spacial score (nSPS) is 16.2. The predicted molar refractivity (Wildman–Crippen MR) is 83.1 cm³/mol. The topological polar surface area (TPSA) is 63.6 Å². The van der Waals surface area contributed by atoms with E-state index in [9.17, 15) is 14.7 Å². The Morgan fingerprint density at radius 2 is 1.86 bits per heavy atom. The van der Waals surface area contributed by atoms with E-state index in [1.165, 1.54) is 0 Å². The van der Waals surface area contributed by atoms with Gasteiger partial charge < -0.3 is 9.84 Å². The molecule has 1 aromatic rings. The lowest BCUT2D eigenvalue weighted by Gasteiger charge is -2.18. The van der Waals surface area contributed by atoms with Gasteiger partial charge in [0, 0.05) is 5.57 Å².